The second-order valence-electron chi connectivity index (χ2n) is 24.0. The maximum atomic E-state index is 15.4. The van der Waals surface area contributed by atoms with Gasteiger partial charge in [0.25, 0.3) is 0 Å². The van der Waals surface area contributed by atoms with Gasteiger partial charge in [-0.05, 0) is 174 Å². The van der Waals surface area contributed by atoms with Gasteiger partial charge in [0.2, 0.25) is 0 Å². The number of aromatic nitrogens is 1. The Morgan fingerprint density at radius 1 is 0.835 bits per heavy atom. The number of dihydropyridines is 1. The average molecular weight is 1070 g/mol. The Morgan fingerprint density at radius 3 is 2.46 bits per heavy atom. The first kappa shape index (κ1) is 56.1. The molecule has 79 heavy (non-hydrogen) atoms. The van der Waals surface area contributed by atoms with Gasteiger partial charge in [-0.2, -0.15) is 0 Å². The molecule has 10 atom stereocenters. The number of aromatic hydroxyl groups is 1. The monoisotopic (exact) mass is 1070 g/mol. The van der Waals surface area contributed by atoms with Gasteiger partial charge in [0.1, 0.15) is 17.4 Å². The smallest absolute Gasteiger partial charge is 0.160 e. The number of allylic oxidation sites excluding steroid dienone is 2. The molecule has 4 aromatic carbocycles. The normalized spacial score (nSPS) is 27.9. The minimum Gasteiger partial charge on any atom is -0.504 e. The van der Waals surface area contributed by atoms with Crippen molar-refractivity contribution in [2.75, 3.05) is 38.7 Å². The van der Waals surface area contributed by atoms with Crippen molar-refractivity contribution in [1.29, 1.82) is 0 Å². The fourth-order valence-corrected chi connectivity index (χ4v) is 14.6. The fourth-order valence-electron chi connectivity index (χ4n) is 14.6. The van der Waals surface area contributed by atoms with Gasteiger partial charge in [0.05, 0.1) is 31.7 Å². The van der Waals surface area contributed by atoms with Crippen LogP contribution in [0.5, 0.6) is 11.5 Å². The zero-order valence-corrected chi connectivity index (χ0v) is 46.7. The van der Waals surface area contributed by atoms with E-state index in [9.17, 15) is 25.2 Å². The summed E-state index contributed by atoms with van der Waals surface area (Å²) in [5, 5.41) is 60.1. The predicted molar refractivity (Wildman–Crippen MR) is 314 cm³/mol. The molecule has 5 aliphatic rings. The van der Waals surface area contributed by atoms with Crippen molar-refractivity contribution in [3.05, 3.63) is 148 Å². The lowest BCUT2D eigenvalue weighted by molar-refractivity contribution is -0.130. The summed E-state index contributed by atoms with van der Waals surface area (Å²) in [6.07, 6.45) is 15.9. The van der Waals surface area contributed by atoms with Crippen LogP contribution in [0.2, 0.25) is 0 Å². The molecule has 2 saturated carbocycles. The van der Waals surface area contributed by atoms with E-state index < -0.39 is 35.4 Å². The molecule has 9 bridgehead atoms. The number of carbonyl (C=O) groups is 2. The molecule has 418 valence electrons. The molecule has 2 aliphatic heterocycles. The number of phenols is 1. The fraction of sp³-hybridized carbons (Fsp3) is 0.500. The Labute approximate surface area is 468 Å². The van der Waals surface area contributed by atoms with Crippen LogP contribution in [0.25, 0.3) is 10.8 Å². The largest absolute Gasteiger partial charge is 0.504 e. The summed E-state index contributed by atoms with van der Waals surface area (Å²) in [7, 11) is 1.52. The number of fused-ring (bicyclic) bond motifs is 10. The number of nitrogens with one attached hydrogen (secondary N) is 4. The molecule has 2 fully saturated rings. The van der Waals surface area contributed by atoms with Crippen molar-refractivity contribution < 1.29 is 34.8 Å². The Balaban J connectivity index is 1.13. The Kier molecular flexibility index (Phi) is 18.1. The van der Waals surface area contributed by atoms with Crippen molar-refractivity contribution in [3.8, 4) is 23.3 Å². The molecule has 1 aromatic heterocycles. The standard InChI is InChI=1S/C68H84N4O7/c1-4-12-59-52-32-51(31-47-20-23-58(46-13-7-5-8-14-46)60-39-63(77)64(79-3)35-48(60)19-22-55(74)38-62(76)61(47)34-52)57(15-11-28-73)49-24-27-70-66(37-49)72-54-21-18-45-17-16-44(29-50(45)33-54)30-56(75)42-69-40-43(2)53-36-65(71-41-53)68(67(59)78)25-9-6-10-26-68/h5,7-8,13-14,16-18,21,24,29,33,35-37,39,41,43,47,51-52,56-59,61,67,69-73,75,77-78H,4,6,9-12,15,19,22,25-28,30-32,34,38,40,42H2,1-3H3. The van der Waals surface area contributed by atoms with E-state index in [0.717, 1.165) is 108 Å². The third kappa shape index (κ3) is 12.7. The number of anilines is 1. The van der Waals surface area contributed by atoms with Crippen molar-refractivity contribution in [2.45, 2.75) is 146 Å². The summed E-state index contributed by atoms with van der Waals surface area (Å²) in [6.45, 7) is 6.22. The highest BCUT2D eigenvalue weighted by Gasteiger charge is 2.50. The number of rotatable bonds is 7. The first-order valence-corrected chi connectivity index (χ1v) is 29.8. The molecular weight excluding hydrogens is 985 g/mol. The lowest BCUT2D eigenvalue weighted by Gasteiger charge is -2.46. The molecule has 0 amide bonds. The third-order valence-corrected chi connectivity index (χ3v) is 18.8. The number of ketones is 2. The number of aromatic amines is 1. The van der Waals surface area contributed by atoms with Crippen LogP contribution in [0.1, 0.15) is 149 Å². The van der Waals surface area contributed by atoms with E-state index in [2.05, 4.69) is 120 Å². The summed E-state index contributed by atoms with van der Waals surface area (Å²) in [5.41, 5.74) is 7.52. The highest BCUT2D eigenvalue weighted by molar-refractivity contribution is 6.00. The van der Waals surface area contributed by atoms with E-state index in [1.807, 2.05) is 24.3 Å². The second kappa shape index (κ2) is 25.5. The number of aliphatic hydroxyl groups excluding tert-OH is 3. The molecule has 11 nitrogen and oxygen atoms in total. The van der Waals surface area contributed by atoms with E-state index >= 15 is 4.79 Å². The highest BCUT2D eigenvalue weighted by Crippen LogP contribution is 2.52. The first-order valence-electron chi connectivity index (χ1n) is 29.8. The van der Waals surface area contributed by atoms with Gasteiger partial charge in [0, 0.05) is 67.5 Å². The van der Waals surface area contributed by atoms with Crippen molar-refractivity contribution >= 4 is 28.0 Å². The van der Waals surface area contributed by atoms with Gasteiger partial charge < -0.3 is 46.1 Å². The van der Waals surface area contributed by atoms with E-state index in [-0.39, 0.29) is 66.4 Å². The lowest BCUT2D eigenvalue weighted by atomic mass is 9.61. The zero-order chi connectivity index (χ0) is 55.0. The van der Waals surface area contributed by atoms with Gasteiger partial charge >= 0.3 is 0 Å². The SMILES string of the molecule is CCCC1C2CC(CC3C#CC(c4ccccc4)c4cc(O)c(OC)cc4CCC(=O)CC(=O)C3C2)C(CCCO)C2=CCNC(=C2)Nc2ccc3ccc(cc3c2)CC(O)CNCC(C)c2c[nH]c(c2)C2(CCCCC2)C1O. The molecule has 10 rings (SSSR count). The molecular formula is C68H84N4O7. The number of hydrogen-bond acceptors (Lipinski definition) is 10. The van der Waals surface area contributed by atoms with Crippen molar-refractivity contribution in [3.63, 3.8) is 0 Å². The summed E-state index contributed by atoms with van der Waals surface area (Å²) >= 11 is 0. The second-order valence-corrected chi connectivity index (χ2v) is 24.0. The van der Waals surface area contributed by atoms with Gasteiger partial charge in [-0.3, -0.25) is 9.59 Å². The molecule has 3 aliphatic carbocycles. The summed E-state index contributed by atoms with van der Waals surface area (Å²) in [5.74, 6) is 7.05. The van der Waals surface area contributed by atoms with Crippen LogP contribution >= 0.6 is 0 Å². The van der Waals surface area contributed by atoms with Crippen LogP contribution in [0.4, 0.5) is 5.69 Å². The van der Waals surface area contributed by atoms with Gasteiger partial charge in [-0.1, -0.05) is 112 Å². The van der Waals surface area contributed by atoms with Crippen LogP contribution in [-0.4, -0.2) is 82.5 Å². The minimum atomic E-state index is -0.711. The van der Waals surface area contributed by atoms with E-state index in [1.54, 1.807) is 6.07 Å². The number of methoxy groups -OCH3 is 1. The maximum absolute atomic E-state index is 15.4. The van der Waals surface area contributed by atoms with E-state index in [1.165, 1.54) is 18.2 Å². The molecule has 11 heteroatoms. The zero-order valence-electron chi connectivity index (χ0n) is 46.7. The summed E-state index contributed by atoms with van der Waals surface area (Å²) < 4.78 is 5.60. The molecule has 3 heterocycles. The summed E-state index contributed by atoms with van der Waals surface area (Å²) in [6, 6.07) is 28.8. The van der Waals surface area contributed by atoms with E-state index in [0.29, 0.717) is 57.5 Å². The number of aliphatic hydroxyl groups is 3. The quantitative estimate of drug-likeness (QED) is 0.0578. The van der Waals surface area contributed by atoms with Gasteiger partial charge in [0.15, 0.2) is 11.5 Å². The van der Waals surface area contributed by atoms with Crippen LogP contribution in [0.15, 0.2) is 115 Å². The topological polar surface area (TPSA) is 176 Å². The minimum absolute atomic E-state index is 0.00176. The Hall–Kier alpha value is -6.16. The molecule has 0 radical (unpaired) electrons. The lowest BCUT2D eigenvalue weighted by Crippen LogP contribution is -2.48. The van der Waals surface area contributed by atoms with Gasteiger partial charge in [-0.25, -0.2) is 0 Å². The number of phenolic OH excluding ortho intramolecular Hbond substituents is 1. The first-order chi connectivity index (χ1) is 38.4. The predicted octanol–water partition coefficient (Wildman–Crippen LogP) is 11.3. The number of ether oxygens (including phenoxy) is 1. The summed E-state index contributed by atoms with van der Waals surface area (Å²) in [4.78, 5) is 33.4. The van der Waals surface area contributed by atoms with Crippen molar-refractivity contribution in [2.24, 2.45) is 35.5 Å². The molecule has 8 N–H and O–H groups in total. The number of aryl methyl sites for hydroxylation is 1. The highest BCUT2D eigenvalue weighted by atomic mass is 16.5. The molecule has 5 aromatic rings. The van der Waals surface area contributed by atoms with Crippen molar-refractivity contribution in [1.82, 2.24) is 15.6 Å². The van der Waals surface area contributed by atoms with Crippen LogP contribution in [0.3, 0.4) is 0 Å². The number of β-amino-alcohol motifs (C(OH)–C–C–N with tert-alkyl or cyclic N) is 1. The number of hydrogen-bond donors (Lipinski definition) is 8. The molecule has 0 saturated heterocycles. The van der Waals surface area contributed by atoms with E-state index in [4.69, 9.17) is 4.74 Å². The Morgan fingerprint density at radius 2 is 1.66 bits per heavy atom. The number of H-pyrrole nitrogens is 1. The van der Waals surface area contributed by atoms with Crippen LogP contribution < -0.4 is 20.7 Å². The van der Waals surface area contributed by atoms with Crippen LogP contribution in [0, 0.1) is 47.3 Å². The van der Waals surface area contributed by atoms with Gasteiger partial charge in [-0.15, -0.1) is 0 Å². The number of benzene rings is 4. The van der Waals surface area contributed by atoms with Crippen LogP contribution in [-0.2, 0) is 27.8 Å². The molecule has 1 spiro atoms. The average Bonchev–Trinajstić information content (AvgIpc) is 3.90. The maximum Gasteiger partial charge on any atom is 0.160 e. The number of Topliss-reactive ketones (excluding diaryl/α,β-unsaturated/α-hetero) is 2. The Bertz CT molecular complexity index is 3050. The number of carbonyl (C=O) groups excluding carboxylic acids is 2. The molecule has 10 unspecified atom stereocenters. The third-order valence-electron chi connectivity index (χ3n) is 18.8.